The molecule has 8 atom stereocenters. The van der Waals surface area contributed by atoms with Crippen LogP contribution in [0.25, 0.3) is 0 Å². The lowest BCUT2D eigenvalue weighted by molar-refractivity contribution is -0.128. The first-order valence-electron chi connectivity index (χ1n) is 12.6. The van der Waals surface area contributed by atoms with E-state index in [1.165, 1.54) is 38.5 Å². The van der Waals surface area contributed by atoms with Crippen molar-refractivity contribution in [3.05, 3.63) is 11.6 Å². The molecule has 2 heteroatoms. The van der Waals surface area contributed by atoms with E-state index in [1.807, 2.05) is 0 Å². The number of Topliss-reactive ketones (excluding diaryl/α,β-unsaturated/α-hetero) is 1. The molecule has 0 aromatic carbocycles. The number of carbonyl (C=O) groups is 1. The van der Waals surface area contributed by atoms with E-state index in [2.05, 4.69) is 40.7 Å². The summed E-state index contributed by atoms with van der Waals surface area (Å²) in [6, 6.07) is 0. The maximum absolute atomic E-state index is 13.0. The van der Waals surface area contributed by atoms with Crippen LogP contribution in [0.2, 0.25) is 0 Å². The van der Waals surface area contributed by atoms with Gasteiger partial charge in [0.15, 0.2) is 0 Å². The highest BCUT2D eigenvalue weighted by Crippen LogP contribution is 2.67. The van der Waals surface area contributed by atoms with Gasteiger partial charge in [0.05, 0.1) is 6.10 Å². The molecule has 4 aliphatic carbocycles. The molecule has 4 rings (SSSR count). The molecule has 0 aromatic heterocycles. The zero-order chi connectivity index (χ0) is 21.0. The molecule has 0 aliphatic heterocycles. The Bertz CT molecular complexity index is 663. The van der Waals surface area contributed by atoms with Crippen LogP contribution in [0.4, 0.5) is 0 Å². The van der Waals surface area contributed by atoms with Gasteiger partial charge in [0.2, 0.25) is 0 Å². The molecule has 0 bridgehead atoms. The lowest BCUT2D eigenvalue weighted by atomic mass is 9.46. The molecule has 3 saturated carbocycles. The summed E-state index contributed by atoms with van der Waals surface area (Å²) in [6.07, 6.45) is 13.7. The second kappa shape index (κ2) is 7.81. The Morgan fingerprint density at radius 2 is 1.90 bits per heavy atom. The van der Waals surface area contributed by atoms with E-state index in [-0.39, 0.29) is 17.4 Å². The van der Waals surface area contributed by atoms with E-state index < -0.39 is 0 Å². The number of rotatable bonds is 5. The minimum Gasteiger partial charge on any atom is -0.392 e. The van der Waals surface area contributed by atoms with Crippen LogP contribution in [0.15, 0.2) is 11.6 Å². The molecule has 3 fully saturated rings. The van der Waals surface area contributed by atoms with Crippen molar-refractivity contribution < 1.29 is 9.90 Å². The van der Waals surface area contributed by atoms with Crippen LogP contribution in [-0.2, 0) is 4.79 Å². The Morgan fingerprint density at radius 1 is 1.14 bits per heavy atom. The Morgan fingerprint density at radius 3 is 2.62 bits per heavy atom. The fourth-order valence-corrected chi connectivity index (χ4v) is 8.46. The summed E-state index contributed by atoms with van der Waals surface area (Å²) in [7, 11) is 0. The molecule has 0 amide bonds. The van der Waals surface area contributed by atoms with Crippen LogP contribution in [0.1, 0.15) is 98.8 Å². The summed E-state index contributed by atoms with van der Waals surface area (Å²) in [4.78, 5) is 13.0. The van der Waals surface area contributed by atoms with Gasteiger partial charge in [-0.05, 0) is 92.8 Å². The van der Waals surface area contributed by atoms with Gasteiger partial charge in [-0.15, -0.1) is 0 Å². The van der Waals surface area contributed by atoms with E-state index >= 15 is 0 Å². The molecule has 4 aliphatic rings. The molecule has 29 heavy (non-hydrogen) atoms. The van der Waals surface area contributed by atoms with E-state index in [4.69, 9.17) is 0 Å². The third-order valence-corrected chi connectivity index (χ3v) is 10.3. The monoisotopic (exact) mass is 400 g/mol. The van der Waals surface area contributed by atoms with Crippen molar-refractivity contribution in [3.8, 4) is 0 Å². The molecular formula is C27H44O2. The average molecular weight is 401 g/mol. The van der Waals surface area contributed by atoms with Crippen LogP contribution in [0.3, 0.4) is 0 Å². The number of aliphatic hydroxyl groups excluding tert-OH is 1. The van der Waals surface area contributed by atoms with Crippen molar-refractivity contribution >= 4 is 5.78 Å². The summed E-state index contributed by atoms with van der Waals surface area (Å²) in [5, 5.41) is 11.0. The first kappa shape index (κ1) is 21.6. The third-order valence-electron chi connectivity index (χ3n) is 10.3. The molecule has 0 aromatic rings. The van der Waals surface area contributed by atoms with Crippen LogP contribution in [-0.4, -0.2) is 17.0 Å². The quantitative estimate of drug-likeness (QED) is 0.530. The maximum atomic E-state index is 13.0. The van der Waals surface area contributed by atoms with Gasteiger partial charge >= 0.3 is 0 Å². The third kappa shape index (κ3) is 3.36. The maximum Gasteiger partial charge on any atom is 0.136 e. The first-order chi connectivity index (χ1) is 13.7. The second-order valence-corrected chi connectivity index (χ2v) is 11.9. The van der Waals surface area contributed by atoms with Crippen molar-refractivity contribution in [3.63, 3.8) is 0 Å². The van der Waals surface area contributed by atoms with Gasteiger partial charge in [-0.1, -0.05) is 46.3 Å². The SMILES string of the molecule is CC(C)CCC(=O)[C@@H](C)[C@H]1CC[C@H]2[C@@H]3CC=C4CCCC(O)[C@]4(C)[C@H]3CC[C@]12C. The van der Waals surface area contributed by atoms with Gasteiger partial charge in [-0.2, -0.15) is 0 Å². The fourth-order valence-electron chi connectivity index (χ4n) is 8.46. The number of hydrogen-bond acceptors (Lipinski definition) is 2. The van der Waals surface area contributed by atoms with Gasteiger partial charge in [0, 0.05) is 17.8 Å². The van der Waals surface area contributed by atoms with Gasteiger partial charge in [-0.25, -0.2) is 0 Å². The van der Waals surface area contributed by atoms with Crippen LogP contribution < -0.4 is 0 Å². The van der Waals surface area contributed by atoms with Gasteiger partial charge in [0.25, 0.3) is 0 Å². The number of allylic oxidation sites excluding steroid dienone is 1. The van der Waals surface area contributed by atoms with Crippen LogP contribution >= 0.6 is 0 Å². The molecular weight excluding hydrogens is 356 g/mol. The molecule has 0 spiro atoms. The average Bonchev–Trinajstić information content (AvgIpc) is 3.03. The molecule has 2 nitrogen and oxygen atoms in total. The Hall–Kier alpha value is -0.630. The van der Waals surface area contributed by atoms with E-state index in [1.54, 1.807) is 5.57 Å². The lowest BCUT2D eigenvalue weighted by Gasteiger charge is -2.59. The molecule has 0 radical (unpaired) electrons. The minimum atomic E-state index is -0.159. The van der Waals surface area contributed by atoms with Gasteiger partial charge in [-0.3, -0.25) is 4.79 Å². The Balaban J connectivity index is 1.54. The van der Waals surface area contributed by atoms with E-state index in [9.17, 15) is 9.90 Å². The highest BCUT2D eigenvalue weighted by atomic mass is 16.3. The number of aliphatic hydroxyl groups is 1. The first-order valence-corrected chi connectivity index (χ1v) is 12.6. The molecule has 0 saturated heterocycles. The molecule has 1 unspecified atom stereocenters. The Labute approximate surface area is 178 Å². The normalized spacial score (nSPS) is 45.2. The highest BCUT2D eigenvalue weighted by molar-refractivity contribution is 5.81. The van der Waals surface area contributed by atoms with Crippen molar-refractivity contribution in [2.75, 3.05) is 0 Å². The van der Waals surface area contributed by atoms with E-state index in [0.29, 0.717) is 34.9 Å². The molecule has 1 N–H and O–H groups in total. The fraction of sp³-hybridized carbons (Fsp3) is 0.889. The lowest BCUT2D eigenvalue weighted by Crippen LogP contribution is -2.54. The number of hydrogen-bond donors (Lipinski definition) is 1. The van der Waals surface area contributed by atoms with Crippen molar-refractivity contribution in [1.82, 2.24) is 0 Å². The zero-order valence-electron chi connectivity index (χ0n) is 19.5. The molecule has 164 valence electrons. The summed E-state index contributed by atoms with van der Waals surface area (Å²) in [5.41, 5.74) is 1.89. The topological polar surface area (TPSA) is 37.3 Å². The van der Waals surface area contributed by atoms with Gasteiger partial charge < -0.3 is 5.11 Å². The summed E-state index contributed by atoms with van der Waals surface area (Å²) >= 11 is 0. The summed E-state index contributed by atoms with van der Waals surface area (Å²) < 4.78 is 0. The van der Waals surface area contributed by atoms with Gasteiger partial charge in [0.1, 0.15) is 5.78 Å². The largest absolute Gasteiger partial charge is 0.392 e. The van der Waals surface area contributed by atoms with Crippen LogP contribution in [0, 0.1) is 46.3 Å². The number of fused-ring (bicyclic) bond motifs is 5. The van der Waals surface area contributed by atoms with Crippen LogP contribution in [0.5, 0.6) is 0 Å². The van der Waals surface area contributed by atoms with E-state index in [0.717, 1.165) is 31.6 Å². The second-order valence-electron chi connectivity index (χ2n) is 11.9. The molecule has 0 heterocycles. The number of ketones is 1. The summed E-state index contributed by atoms with van der Waals surface area (Å²) in [6.45, 7) is 11.6. The predicted octanol–water partition coefficient (Wildman–Crippen LogP) is 6.57. The summed E-state index contributed by atoms with van der Waals surface area (Å²) in [5.74, 6) is 3.97. The van der Waals surface area contributed by atoms with Crippen molar-refractivity contribution in [1.29, 1.82) is 0 Å². The number of carbonyl (C=O) groups excluding carboxylic acids is 1. The zero-order valence-corrected chi connectivity index (χ0v) is 19.5. The highest BCUT2D eigenvalue weighted by Gasteiger charge is 2.60. The minimum absolute atomic E-state index is 0.0132. The Kier molecular flexibility index (Phi) is 5.82. The van der Waals surface area contributed by atoms with Crippen molar-refractivity contribution in [2.24, 2.45) is 46.3 Å². The predicted molar refractivity (Wildman–Crippen MR) is 119 cm³/mol. The standard InChI is InChI=1S/C27H44O2/c1-17(2)9-14-24(28)18(3)21-12-13-22-20-11-10-19-7-6-8-25(29)27(19,5)23(20)15-16-26(21,22)4/h10,17-18,20-23,25,29H,6-9,11-16H2,1-5H3/t18-,20-,21+,22-,23-,25?,26+,27-/m0/s1. The smallest absolute Gasteiger partial charge is 0.136 e. The van der Waals surface area contributed by atoms with Crippen molar-refractivity contribution in [2.45, 2.75) is 105 Å².